The van der Waals surface area contributed by atoms with Crippen LogP contribution in [-0.4, -0.2) is 0 Å². The lowest BCUT2D eigenvalue weighted by Crippen LogP contribution is -2.04. The zero-order valence-electron chi connectivity index (χ0n) is 9.84. The van der Waals surface area contributed by atoms with Gasteiger partial charge in [-0.15, -0.1) is 0 Å². The average molecular weight is 286 g/mol. The molecule has 0 aliphatic carbocycles. The predicted molar refractivity (Wildman–Crippen MR) is 69.8 cm³/mol. The van der Waals surface area contributed by atoms with Crippen molar-refractivity contribution in [3.63, 3.8) is 0 Å². The van der Waals surface area contributed by atoms with Crippen molar-refractivity contribution in [2.45, 2.75) is 12.7 Å². The van der Waals surface area contributed by atoms with Crippen LogP contribution >= 0.6 is 11.6 Å². The molecule has 0 aliphatic heterocycles. The fraction of sp³-hybridized carbons (Fsp3) is 0.143. The first kappa shape index (κ1) is 13.9. The molecule has 19 heavy (non-hydrogen) atoms. The molecule has 2 aromatic rings. The highest BCUT2D eigenvalue weighted by Gasteiger charge is 2.30. The lowest BCUT2D eigenvalue weighted by atomic mass is 10.0. The number of hydrogen-bond acceptors (Lipinski definition) is 1. The molecule has 0 fully saturated rings. The molecule has 100 valence electrons. The van der Waals surface area contributed by atoms with Crippen molar-refractivity contribution in [2.75, 3.05) is 0 Å². The van der Waals surface area contributed by atoms with E-state index in [-0.39, 0.29) is 0 Å². The summed E-state index contributed by atoms with van der Waals surface area (Å²) < 4.78 is 37.9. The summed E-state index contributed by atoms with van der Waals surface area (Å²) >= 11 is 6.01. The summed E-state index contributed by atoms with van der Waals surface area (Å²) in [4.78, 5) is 0. The SMILES string of the molecule is NCc1ccc(-c2cccc(C(F)(F)F)c2)cc1Cl. The van der Waals surface area contributed by atoms with Gasteiger partial charge in [-0.25, -0.2) is 0 Å². The van der Waals surface area contributed by atoms with Gasteiger partial charge in [0, 0.05) is 11.6 Å². The Hall–Kier alpha value is -1.52. The quantitative estimate of drug-likeness (QED) is 0.865. The smallest absolute Gasteiger partial charge is 0.326 e. The van der Waals surface area contributed by atoms with Gasteiger partial charge >= 0.3 is 6.18 Å². The van der Waals surface area contributed by atoms with E-state index >= 15 is 0 Å². The molecular weight excluding hydrogens is 275 g/mol. The highest BCUT2D eigenvalue weighted by Crippen LogP contribution is 2.33. The molecule has 0 radical (unpaired) electrons. The van der Waals surface area contributed by atoms with Crippen molar-refractivity contribution in [1.29, 1.82) is 0 Å². The molecule has 0 saturated heterocycles. The summed E-state index contributed by atoms with van der Waals surface area (Å²) in [5.41, 5.74) is 6.68. The molecule has 1 nitrogen and oxygen atoms in total. The van der Waals surface area contributed by atoms with Gasteiger partial charge in [0.25, 0.3) is 0 Å². The van der Waals surface area contributed by atoms with E-state index in [0.717, 1.165) is 17.7 Å². The topological polar surface area (TPSA) is 26.0 Å². The molecule has 0 bridgehead atoms. The number of benzene rings is 2. The third-order valence-corrected chi connectivity index (χ3v) is 3.15. The lowest BCUT2D eigenvalue weighted by Gasteiger charge is -2.10. The molecule has 0 saturated carbocycles. The summed E-state index contributed by atoms with van der Waals surface area (Å²) in [6, 6.07) is 10.2. The maximum absolute atomic E-state index is 12.6. The first-order valence-electron chi connectivity index (χ1n) is 5.58. The second-order valence-electron chi connectivity index (χ2n) is 4.09. The van der Waals surface area contributed by atoms with E-state index in [1.54, 1.807) is 24.3 Å². The van der Waals surface area contributed by atoms with E-state index in [1.165, 1.54) is 6.07 Å². The van der Waals surface area contributed by atoms with E-state index in [4.69, 9.17) is 17.3 Å². The van der Waals surface area contributed by atoms with Crippen molar-refractivity contribution in [2.24, 2.45) is 5.73 Å². The van der Waals surface area contributed by atoms with E-state index in [1.807, 2.05) is 0 Å². The Morgan fingerprint density at radius 1 is 1.00 bits per heavy atom. The maximum atomic E-state index is 12.6. The van der Waals surface area contributed by atoms with Crippen molar-refractivity contribution in [1.82, 2.24) is 0 Å². The van der Waals surface area contributed by atoms with Gasteiger partial charge in [-0.2, -0.15) is 13.2 Å². The first-order valence-corrected chi connectivity index (χ1v) is 5.96. The van der Waals surface area contributed by atoms with Gasteiger partial charge in [0.15, 0.2) is 0 Å². The van der Waals surface area contributed by atoms with E-state index < -0.39 is 11.7 Å². The molecule has 0 aromatic heterocycles. The van der Waals surface area contributed by atoms with Crippen LogP contribution in [0.1, 0.15) is 11.1 Å². The summed E-state index contributed by atoms with van der Waals surface area (Å²) in [6.07, 6.45) is -4.35. The zero-order chi connectivity index (χ0) is 14.0. The second kappa shape index (κ2) is 5.23. The Kier molecular flexibility index (Phi) is 3.83. The number of rotatable bonds is 2. The molecule has 0 heterocycles. The van der Waals surface area contributed by atoms with E-state index in [9.17, 15) is 13.2 Å². The van der Waals surface area contributed by atoms with Gasteiger partial charge in [-0.3, -0.25) is 0 Å². The summed E-state index contributed by atoms with van der Waals surface area (Å²) in [7, 11) is 0. The lowest BCUT2D eigenvalue weighted by molar-refractivity contribution is -0.137. The first-order chi connectivity index (χ1) is 8.91. The summed E-state index contributed by atoms with van der Waals surface area (Å²) in [5, 5.41) is 0.456. The third-order valence-electron chi connectivity index (χ3n) is 2.80. The Labute approximate surface area is 113 Å². The standard InChI is InChI=1S/C14H11ClF3N/c15-13-7-10(4-5-11(13)8-19)9-2-1-3-12(6-9)14(16,17)18/h1-7H,8,19H2. The maximum Gasteiger partial charge on any atom is 0.416 e. The minimum atomic E-state index is -4.35. The number of alkyl halides is 3. The Balaban J connectivity index is 2.45. The van der Waals surface area contributed by atoms with Crippen molar-refractivity contribution in [3.05, 3.63) is 58.6 Å². The van der Waals surface area contributed by atoms with Crippen LogP contribution in [0.4, 0.5) is 13.2 Å². The molecular formula is C14H11ClF3N. The molecule has 0 amide bonds. The van der Waals surface area contributed by atoms with Crippen LogP contribution in [-0.2, 0) is 12.7 Å². The van der Waals surface area contributed by atoms with Crippen molar-refractivity contribution < 1.29 is 13.2 Å². The van der Waals surface area contributed by atoms with Gasteiger partial charge in [0.05, 0.1) is 5.56 Å². The van der Waals surface area contributed by atoms with Crippen molar-refractivity contribution in [3.8, 4) is 11.1 Å². The van der Waals surface area contributed by atoms with E-state index in [2.05, 4.69) is 0 Å². The van der Waals surface area contributed by atoms with Gasteiger partial charge in [0.2, 0.25) is 0 Å². The average Bonchev–Trinajstić information content (AvgIpc) is 2.38. The van der Waals surface area contributed by atoms with Gasteiger partial charge in [0.1, 0.15) is 0 Å². The highest BCUT2D eigenvalue weighted by molar-refractivity contribution is 6.31. The van der Waals surface area contributed by atoms with Crippen LogP contribution in [0, 0.1) is 0 Å². The fourth-order valence-electron chi connectivity index (χ4n) is 1.77. The number of nitrogens with two attached hydrogens (primary N) is 1. The van der Waals surface area contributed by atoms with Gasteiger partial charge in [-0.05, 0) is 34.9 Å². The second-order valence-corrected chi connectivity index (χ2v) is 4.50. The van der Waals surface area contributed by atoms with Gasteiger partial charge < -0.3 is 5.73 Å². The molecule has 0 aliphatic rings. The molecule has 2 N–H and O–H groups in total. The highest BCUT2D eigenvalue weighted by atomic mass is 35.5. The Bertz CT molecular complexity index is 593. The normalized spacial score (nSPS) is 11.6. The Morgan fingerprint density at radius 2 is 1.68 bits per heavy atom. The molecule has 0 unspecified atom stereocenters. The summed E-state index contributed by atoms with van der Waals surface area (Å²) in [6.45, 7) is 0.293. The monoisotopic (exact) mass is 285 g/mol. The van der Waals surface area contributed by atoms with Crippen LogP contribution < -0.4 is 5.73 Å². The molecule has 5 heteroatoms. The Morgan fingerprint density at radius 3 is 2.26 bits per heavy atom. The molecule has 2 rings (SSSR count). The molecule has 0 spiro atoms. The van der Waals surface area contributed by atoms with Crippen LogP contribution in [0.3, 0.4) is 0 Å². The largest absolute Gasteiger partial charge is 0.416 e. The fourth-order valence-corrected chi connectivity index (χ4v) is 2.03. The van der Waals surface area contributed by atoms with Crippen LogP contribution in [0.15, 0.2) is 42.5 Å². The zero-order valence-corrected chi connectivity index (χ0v) is 10.6. The number of halogens is 4. The third kappa shape index (κ3) is 3.08. The minimum Gasteiger partial charge on any atom is -0.326 e. The number of hydrogen-bond donors (Lipinski definition) is 1. The van der Waals surface area contributed by atoms with Crippen LogP contribution in [0.5, 0.6) is 0 Å². The van der Waals surface area contributed by atoms with Crippen LogP contribution in [0.2, 0.25) is 5.02 Å². The van der Waals surface area contributed by atoms with E-state index in [0.29, 0.717) is 22.7 Å². The summed E-state index contributed by atoms with van der Waals surface area (Å²) in [5.74, 6) is 0. The van der Waals surface area contributed by atoms with Gasteiger partial charge in [-0.1, -0.05) is 35.9 Å². The van der Waals surface area contributed by atoms with Crippen LogP contribution in [0.25, 0.3) is 11.1 Å². The molecule has 2 aromatic carbocycles. The van der Waals surface area contributed by atoms with Crippen molar-refractivity contribution >= 4 is 11.6 Å². The molecule has 0 atom stereocenters. The minimum absolute atomic E-state index is 0.293. The predicted octanol–water partition coefficient (Wildman–Crippen LogP) is 4.48.